The highest BCUT2D eigenvalue weighted by molar-refractivity contribution is 7.91. The topological polar surface area (TPSA) is 37.4 Å². The van der Waals surface area contributed by atoms with Gasteiger partial charge in [-0.3, -0.25) is 4.90 Å². The molecule has 16 heavy (non-hydrogen) atoms. The summed E-state index contributed by atoms with van der Waals surface area (Å²) in [6, 6.07) is 7.37. The smallest absolute Gasteiger partial charge is 0.180 e. The lowest BCUT2D eigenvalue weighted by Gasteiger charge is -2.23. The van der Waals surface area contributed by atoms with Gasteiger partial charge in [0.25, 0.3) is 0 Å². The van der Waals surface area contributed by atoms with E-state index in [0.717, 1.165) is 18.5 Å². The van der Waals surface area contributed by atoms with Crippen LogP contribution in [0, 0.1) is 0 Å². The molecule has 0 spiro atoms. The number of hydrogen-bond donors (Lipinski definition) is 0. The molecule has 0 fully saturated rings. The molecule has 0 amide bonds. The lowest BCUT2D eigenvalue weighted by Crippen LogP contribution is -2.26. The number of nitrogens with zero attached hydrogens (tertiary/aromatic N) is 1. The molecule has 1 aliphatic rings. The summed E-state index contributed by atoms with van der Waals surface area (Å²) < 4.78 is 23.9. The molecule has 1 atom stereocenters. The van der Waals surface area contributed by atoms with Crippen molar-refractivity contribution in [3.05, 3.63) is 29.8 Å². The summed E-state index contributed by atoms with van der Waals surface area (Å²) in [7, 11) is -1.07. The molecule has 0 bridgehead atoms. The average molecular weight is 239 g/mol. The van der Waals surface area contributed by atoms with Gasteiger partial charge in [-0.05, 0) is 31.6 Å². The molecular formula is C12H17NO2S. The van der Waals surface area contributed by atoms with Crippen LogP contribution >= 0.6 is 0 Å². The fraction of sp³-hybridized carbons (Fsp3) is 0.500. The second-order valence-electron chi connectivity index (χ2n) is 4.32. The van der Waals surface area contributed by atoms with Crippen LogP contribution in [-0.2, 0) is 9.84 Å². The maximum atomic E-state index is 11.9. The van der Waals surface area contributed by atoms with Gasteiger partial charge >= 0.3 is 0 Å². The zero-order valence-corrected chi connectivity index (χ0v) is 10.5. The maximum absolute atomic E-state index is 11.9. The van der Waals surface area contributed by atoms with E-state index in [-0.39, 0.29) is 11.8 Å². The zero-order valence-electron chi connectivity index (χ0n) is 9.68. The summed E-state index contributed by atoms with van der Waals surface area (Å²) in [6.45, 7) is 3.03. The average Bonchev–Trinajstić information content (AvgIpc) is 2.52. The molecule has 1 aromatic rings. The van der Waals surface area contributed by atoms with Crippen molar-refractivity contribution in [3.63, 3.8) is 0 Å². The minimum absolute atomic E-state index is 0.0288. The minimum Gasteiger partial charge on any atom is -0.298 e. The molecule has 0 saturated carbocycles. The van der Waals surface area contributed by atoms with E-state index >= 15 is 0 Å². The summed E-state index contributed by atoms with van der Waals surface area (Å²) in [5.41, 5.74) is 0.957. The standard InChI is InChI=1S/C12H17NO2S/c1-3-8-13(2)11-9-16(14,15)12-7-5-4-6-10(11)12/h4-7,11H,3,8-9H2,1-2H3. The van der Waals surface area contributed by atoms with Crippen molar-refractivity contribution in [1.29, 1.82) is 0 Å². The molecule has 4 heteroatoms. The van der Waals surface area contributed by atoms with Crippen LogP contribution < -0.4 is 0 Å². The molecule has 1 heterocycles. The van der Waals surface area contributed by atoms with Gasteiger partial charge in [0.1, 0.15) is 0 Å². The summed E-state index contributed by atoms with van der Waals surface area (Å²) in [5.74, 6) is 0.225. The van der Waals surface area contributed by atoms with Crippen molar-refractivity contribution in [2.75, 3.05) is 19.3 Å². The molecule has 1 unspecified atom stereocenters. The lowest BCUT2D eigenvalue weighted by molar-refractivity contribution is 0.266. The summed E-state index contributed by atoms with van der Waals surface area (Å²) in [6.07, 6.45) is 1.04. The molecule has 0 radical (unpaired) electrons. The van der Waals surface area contributed by atoms with Gasteiger partial charge in [0.05, 0.1) is 16.7 Å². The molecule has 0 aliphatic carbocycles. The van der Waals surface area contributed by atoms with Gasteiger partial charge < -0.3 is 0 Å². The quantitative estimate of drug-likeness (QED) is 0.808. The fourth-order valence-corrected chi connectivity index (χ4v) is 4.18. The third kappa shape index (κ3) is 1.87. The van der Waals surface area contributed by atoms with Crippen LogP contribution in [0.1, 0.15) is 24.9 Å². The Kier molecular flexibility index (Phi) is 3.04. The van der Waals surface area contributed by atoms with Crippen molar-refractivity contribution in [1.82, 2.24) is 4.90 Å². The van der Waals surface area contributed by atoms with Crippen molar-refractivity contribution in [2.45, 2.75) is 24.3 Å². The van der Waals surface area contributed by atoms with E-state index in [1.807, 2.05) is 19.2 Å². The highest BCUT2D eigenvalue weighted by atomic mass is 32.2. The Hall–Kier alpha value is -0.870. The van der Waals surface area contributed by atoms with E-state index in [9.17, 15) is 8.42 Å². The molecule has 0 saturated heterocycles. The molecule has 88 valence electrons. The first-order chi connectivity index (χ1) is 7.56. The van der Waals surface area contributed by atoms with Crippen LogP contribution in [-0.4, -0.2) is 32.7 Å². The van der Waals surface area contributed by atoms with E-state index in [4.69, 9.17) is 0 Å². The van der Waals surface area contributed by atoms with Gasteiger partial charge in [0.2, 0.25) is 0 Å². The predicted molar refractivity (Wildman–Crippen MR) is 64.2 cm³/mol. The zero-order chi connectivity index (χ0) is 11.8. The van der Waals surface area contributed by atoms with Crippen LogP contribution in [0.3, 0.4) is 0 Å². The van der Waals surface area contributed by atoms with Gasteiger partial charge in [-0.1, -0.05) is 25.1 Å². The van der Waals surface area contributed by atoms with Gasteiger partial charge in [-0.2, -0.15) is 0 Å². The van der Waals surface area contributed by atoms with Crippen LogP contribution in [0.5, 0.6) is 0 Å². The Morgan fingerprint density at radius 2 is 2.06 bits per heavy atom. The van der Waals surface area contributed by atoms with Gasteiger partial charge in [-0.25, -0.2) is 8.42 Å². The summed E-state index contributed by atoms with van der Waals surface area (Å²) in [5, 5.41) is 0. The van der Waals surface area contributed by atoms with E-state index in [0.29, 0.717) is 4.90 Å². The highest BCUT2D eigenvalue weighted by Gasteiger charge is 2.36. The van der Waals surface area contributed by atoms with Crippen molar-refractivity contribution in [2.24, 2.45) is 0 Å². The number of hydrogen-bond acceptors (Lipinski definition) is 3. The molecule has 0 N–H and O–H groups in total. The fourth-order valence-electron chi connectivity index (χ4n) is 2.30. The van der Waals surface area contributed by atoms with E-state index in [1.165, 1.54) is 0 Å². The Bertz CT molecular complexity index is 482. The second kappa shape index (κ2) is 4.18. The molecular weight excluding hydrogens is 222 g/mol. The maximum Gasteiger partial charge on any atom is 0.180 e. The molecule has 1 aromatic carbocycles. The first-order valence-corrected chi connectivity index (χ1v) is 7.23. The Labute approximate surface area is 97.0 Å². The second-order valence-corrected chi connectivity index (χ2v) is 6.32. The molecule has 1 aliphatic heterocycles. The van der Waals surface area contributed by atoms with E-state index < -0.39 is 9.84 Å². The van der Waals surface area contributed by atoms with Crippen molar-refractivity contribution < 1.29 is 8.42 Å². The lowest BCUT2D eigenvalue weighted by atomic mass is 10.1. The molecule has 3 nitrogen and oxygen atoms in total. The Morgan fingerprint density at radius 3 is 2.75 bits per heavy atom. The Balaban J connectivity index is 2.41. The monoisotopic (exact) mass is 239 g/mol. The van der Waals surface area contributed by atoms with Gasteiger partial charge in [0, 0.05) is 0 Å². The SMILES string of the molecule is CCCN(C)C1CS(=O)(=O)c2ccccc21. The summed E-state index contributed by atoms with van der Waals surface area (Å²) >= 11 is 0. The largest absolute Gasteiger partial charge is 0.298 e. The normalized spacial score (nSPS) is 22.3. The highest BCUT2D eigenvalue weighted by Crippen LogP contribution is 2.36. The van der Waals surface area contributed by atoms with Crippen molar-refractivity contribution >= 4 is 9.84 Å². The molecule has 0 aromatic heterocycles. The van der Waals surface area contributed by atoms with Gasteiger partial charge in [-0.15, -0.1) is 0 Å². The third-order valence-corrected chi connectivity index (χ3v) is 4.90. The van der Waals surface area contributed by atoms with E-state index in [1.54, 1.807) is 12.1 Å². The van der Waals surface area contributed by atoms with Crippen LogP contribution in [0.25, 0.3) is 0 Å². The van der Waals surface area contributed by atoms with Crippen LogP contribution in [0.15, 0.2) is 29.2 Å². The molecule has 2 rings (SSSR count). The predicted octanol–water partition coefficient (Wildman–Crippen LogP) is 1.86. The summed E-state index contributed by atoms with van der Waals surface area (Å²) in [4.78, 5) is 2.64. The van der Waals surface area contributed by atoms with Gasteiger partial charge in [0.15, 0.2) is 9.84 Å². The van der Waals surface area contributed by atoms with Crippen LogP contribution in [0.2, 0.25) is 0 Å². The van der Waals surface area contributed by atoms with Crippen molar-refractivity contribution in [3.8, 4) is 0 Å². The number of fused-ring (bicyclic) bond motifs is 1. The first-order valence-electron chi connectivity index (χ1n) is 5.58. The number of benzene rings is 1. The Morgan fingerprint density at radius 1 is 1.38 bits per heavy atom. The number of rotatable bonds is 3. The third-order valence-electron chi connectivity index (χ3n) is 3.10. The van der Waals surface area contributed by atoms with Crippen LogP contribution in [0.4, 0.5) is 0 Å². The minimum atomic E-state index is -3.06. The van der Waals surface area contributed by atoms with E-state index in [2.05, 4.69) is 11.8 Å². The number of sulfone groups is 1. The first kappa shape index (κ1) is 11.6.